The quantitative estimate of drug-likeness (QED) is 0.753. The first-order valence-corrected chi connectivity index (χ1v) is 6.70. The van der Waals surface area contributed by atoms with E-state index in [1.807, 2.05) is 26.0 Å². The van der Waals surface area contributed by atoms with Crippen LogP contribution in [0.4, 0.5) is 0 Å². The zero-order valence-corrected chi connectivity index (χ0v) is 11.6. The molecule has 1 heterocycles. The van der Waals surface area contributed by atoms with E-state index in [-0.39, 0.29) is 24.0 Å². The highest BCUT2D eigenvalue weighted by molar-refractivity contribution is 5.82. The van der Waals surface area contributed by atoms with Gasteiger partial charge in [0.1, 0.15) is 0 Å². The minimum absolute atomic E-state index is 0.0102. The first-order chi connectivity index (χ1) is 9.02. The predicted molar refractivity (Wildman–Crippen MR) is 74.7 cm³/mol. The van der Waals surface area contributed by atoms with Gasteiger partial charge in [0.2, 0.25) is 5.91 Å². The van der Waals surface area contributed by atoms with Crippen molar-refractivity contribution in [2.24, 2.45) is 5.41 Å². The minimum atomic E-state index is -0.276. The van der Waals surface area contributed by atoms with Gasteiger partial charge < -0.3 is 15.7 Å². The number of hydrogen-bond acceptors (Lipinski definition) is 3. The molecular formula is C15H22N2O2. The second-order valence-corrected chi connectivity index (χ2v) is 5.95. The molecule has 1 aliphatic rings. The highest BCUT2D eigenvalue weighted by Crippen LogP contribution is 2.17. The minimum Gasteiger partial charge on any atom is -0.396 e. The Balaban J connectivity index is 1.92. The third-order valence-corrected chi connectivity index (χ3v) is 3.57. The summed E-state index contributed by atoms with van der Waals surface area (Å²) in [6, 6.07) is 8.02. The standard InChI is InChI=1S/C15H22N2O2/c1-15(2,10-18)9-17-14(19)13-7-11-5-3-4-6-12(11)8-16-13/h3-6,13,16,18H,7-10H2,1-2H3,(H,17,19)/t13-/m0/s1. The van der Waals surface area contributed by atoms with E-state index in [2.05, 4.69) is 22.8 Å². The molecular weight excluding hydrogens is 240 g/mol. The third-order valence-electron chi connectivity index (χ3n) is 3.57. The summed E-state index contributed by atoms with van der Waals surface area (Å²) in [7, 11) is 0. The number of fused-ring (bicyclic) bond motifs is 1. The molecule has 1 aromatic rings. The van der Waals surface area contributed by atoms with Crippen LogP contribution in [0.3, 0.4) is 0 Å². The molecule has 0 aliphatic carbocycles. The number of benzene rings is 1. The van der Waals surface area contributed by atoms with Crippen LogP contribution < -0.4 is 10.6 Å². The van der Waals surface area contributed by atoms with Crippen molar-refractivity contribution in [2.45, 2.75) is 32.9 Å². The van der Waals surface area contributed by atoms with E-state index in [0.717, 1.165) is 13.0 Å². The Morgan fingerprint density at radius 3 is 2.79 bits per heavy atom. The van der Waals surface area contributed by atoms with Gasteiger partial charge in [-0.2, -0.15) is 0 Å². The van der Waals surface area contributed by atoms with Crippen LogP contribution in [0.1, 0.15) is 25.0 Å². The molecule has 1 amide bonds. The average Bonchev–Trinajstić information content (AvgIpc) is 2.44. The average molecular weight is 262 g/mol. The van der Waals surface area contributed by atoms with Crippen LogP contribution in [0.5, 0.6) is 0 Å². The van der Waals surface area contributed by atoms with Crippen LogP contribution in [-0.4, -0.2) is 30.2 Å². The molecule has 0 spiro atoms. The lowest BCUT2D eigenvalue weighted by atomic mass is 9.93. The lowest BCUT2D eigenvalue weighted by molar-refractivity contribution is -0.123. The Morgan fingerprint density at radius 2 is 2.11 bits per heavy atom. The van der Waals surface area contributed by atoms with Gasteiger partial charge in [-0.1, -0.05) is 38.1 Å². The van der Waals surface area contributed by atoms with E-state index in [0.29, 0.717) is 6.54 Å². The molecule has 0 radical (unpaired) electrons. The summed E-state index contributed by atoms with van der Waals surface area (Å²) in [6.07, 6.45) is 0.724. The Labute approximate surface area is 114 Å². The van der Waals surface area contributed by atoms with E-state index in [1.54, 1.807) is 0 Å². The maximum Gasteiger partial charge on any atom is 0.237 e. The van der Waals surface area contributed by atoms with Crippen molar-refractivity contribution in [2.75, 3.05) is 13.2 Å². The number of aliphatic hydroxyl groups is 1. The molecule has 4 heteroatoms. The van der Waals surface area contributed by atoms with Gasteiger partial charge in [-0.25, -0.2) is 0 Å². The maximum atomic E-state index is 12.1. The molecule has 3 N–H and O–H groups in total. The van der Waals surface area contributed by atoms with Crippen LogP contribution in [0.15, 0.2) is 24.3 Å². The van der Waals surface area contributed by atoms with Gasteiger partial charge in [-0.3, -0.25) is 4.79 Å². The smallest absolute Gasteiger partial charge is 0.237 e. The van der Waals surface area contributed by atoms with Crippen molar-refractivity contribution < 1.29 is 9.90 Å². The van der Waals surface area contributed by atoms with E-state index in [4.69, 9.17) is 0 Å². The van der Waals surface area contributed by atoms with Crippen molar-refractivity contribution in [1.82, 2.24) is 10.6 Å². The van der Waals surface area contributed by atoms with Crippen LogP contribution in [0, 0.1) is 5.41 Å². The summed E-state index contributed by atoms with van der Waals surface area (Å²) < 4.78 is 0. The number of hydrogen-bond donors (Lipinski definition) is 3. The van der Waals surface area contributed by atoms with Gasteiger partial charge in [0.25, 0.3) is 0 Å². The molecule has 104 valence electrons. The number of amides is 1. The SMILES string of the molecule is CC(C)(CO)CNC(=O)[C@@H]1Cc2ccccc2CN1. The lowest BCUT2D eigenvalue weighted by Gasteiger charge is -2.27. The third kappa shape index (κ3) is 3.55. The normalized spacial score (nSPS) is 18.8. The Morgan fingerprint density at radius 1 is 1.42 bits per heavy atom. The fraction of sp³-hybridized carbons (Fsp3) is 0.533. The lowest BCUT2D eigenvalue weighted by Crippen LogP contribution is -2.49. The van der Waals surface area contributed by atoms with Gasteiger partial charge in [0.15, 0.2) is 0 Å². The summed E-state index contributed by atoms with van der Waals surface area (Å²) in [6.45, 7) is 5.14. The van der Waals surface area contributed by atoms with Crippen LogP contribution in [0.25, 0.3) is 0 Å². The molecule has 0 saturated heterocycles. The first-order valence-electron chi connectivity index (χ1n) is 6.70. The Kier molecular flexibility index (Phi) is 4.22. The van der Waals surface area contributed by atoms with Crippen LogP contribution >= 0.6 is 0 Å². The molecule has 0 saturated carbocycles. The molecule has 0 aromatic heterocycles. The van der Waals surface area contributed by atoms with Crippen LogP contribution in [0.2, 0.25) is 0 Å². The molecule has 0 bridgehead atoms. The summed E-state index contributed by atoms with van der Waals surface area (Å²) in [5.74, 6) is 0.0102. The summed E-state index contributed by atoms with van der Waals surface area (Å²) in [5.41, 5.74) is 2.23. The number of carbonyl (C=O) groups is 1. The van der Waals surface area contributed by atoms with Crippen LogP contribution in [-0.2, 0) is 17.8 Å². The maximum absolute atomic E-state index is 12.1. The van der Waals surface area contributed by atoms with E-state index in [1.165, 1.54) is 11.1 Å². The van der Waals surface area contributed by atoms with E-state index in [9.17, 15) is 9.90 Å². The number of carbonyl (C=O) groups excluding carboxylic acids is 1. The molecule has 0 unspecified atom stereocenters. The highest BCUT2D eigenvalue weighted by Gasteiger charge is 2.25. The second kappa shape index (κ2) is 5.72. The van der Waals surface area contributed by atoms with Crippen molar-refractivity contribution in [3.05, 3.63) is 35.4 Å². The number of aliphatic hydroxyl groups excluding tert-OH is 1. The van der Waals surface area contributed by atoms with E-state index < -0.39 is 0 Å². The molecule has 1 aromatic carbocycles. The molecule has 2 rings (SSSR count). The first kappa shape index (κ1) is 14.0. The monoisotopic (exact) mass is 262 g/mol. The molecule has 19 heavy (non-hydrogen) atoms. The van der Waals surface area contributed by atoms with Crippen molar-refractivity contribution >= 4 is 5.91 Å². The topological polar surface area (TPSA) is 61.4 Å². The number of nitrogens with one attached hydrogen (secondary N) is 2. The largest absolute Gasteiger partial charge is 0.396 e. The van der Waals surface area contributed by atoms with Gasteiger partial charge in [-0.05, 0) is 17.5 Å². The van der Waals surface area contributed by atoms with Gasteiger partial charge in [0, 0.05) is 25.1 Å². The zero-order valence-electron chi connectivity index (χ0n) is 11.6. The van der Waals surface area contributed by atoms with Crippen molar-refractivity contribution in [3.63, 3.8) is 0 Å². The van der Waals surface area contributed by atoms with Gasteiger partial charge in [0.05, 0.1) is 6.04 Å². The summed E-state index contributed by atoms with van der Waals surface area (Å²) in [4.78, 5) is 12.1. The molecule has 1 aliphatic heterocycles. The fourth-order valence-electron chi connectivity index (χ4n) is 2.15. The summed E-state index contributed by atoms with van der Waals surface area (Å²) in [5, 5.41) is 15.3. The second-order valence-electron chi connectivity index (χ2n) is 5.95. The highest BCUT2D eigenvalue weighted by atomic mass is 16.3. The zero-order chi connectivity index (χ0) is 13.9. The van der Waals surface area contributed by atoms with Gasteiger partial charge >= 0.3 is 0 Å². The Bertz CT molecular complexity index is 457. The molecule has 1 atom stereocenters. The predicted octanol–water partition coefficient (Wildman–Crippen LogP) is 0.836. The van der Waals surface area contributed by atoms with Crippen molar-refractivity contribution in [1.29, 1.82) is 0 Å². The summed E-state index contributed by atoms with van der Waals surface area (Å²) >= 11 is 0. The van der Waals surface area contributed by atoms with Gasteiger partial charge in [-0.15, -0.1) is 0 Å². The fourth-order valence-corrected chi connectivity index (χ4v) is 2.15. The van der Waals surface area contributed by atoms with E-state index >= 15 is 0 Å². The molecule has 4 nitrogen and oxygen atoms in total. The number of rotatable bonds is 4. The molecule has 0 fully saturated rings. The Hall–Kier alpha value is -1.39. The van der Waals surface area contributed by atoms with Crippen molar-refractivity contribution in [3.8, 4) is 0 Å².